The van der Waals surface area contributed by atoms with Crippen LogP contribution in [0.2, 0.25) is 5.02 Å². The Bertz CT molecular complexity index is 1140. The quantitative estimate of drug-likeness (QED) is 0.360. The number of amides is 1. The fourth-order valence-corrected chi connectivity index (χ4v) is 3.99. The maximum absolute atomic E-state index is 12.4. The summed E-state index contributed by atoms with van der Waals surface area (Å²) >= 11 is 13.1. The van der Waals surface area contributed by atoms with Crippen LogP contribution in [0.4, 0.5) is 17.1 Å². The molecule has 0 fully saturated rings. The zero-order valence-electron chi connectivity index (χ0n) is 17.9. The Morgan fingerprint density at radius 3 is 2.16 bits per heavy atom. The van der Waals surface area contributed by atoms with Crippen LogP contribution >= 0.6 is 35.2 Å². The molecule has 0 saturated carbocycles. The van der Waals surface area contributed by atoms with Crippen LogP contribution < -0.4 is 30.2 Å². The second kappa shape index (κ2) is 10.5. The van der Waals surface area contributed by atoms with Crippen molar-refractivity contribution in [1.29, 1.82) is 0 Å². The predicted molar refractivity (Wildman–Crippen MR) is 134 cm³/mol. The summed E-state index contributed by atoms with van der Waals surface area (Å²) in [6.07, 6.45) is 0. The molecule has 3 aromatic rings. The van der Waals surface area contributed by atoms with Crippen molar-refractivity contribution in [3.63, 3.8) is 0 Å². The topological polar surface area (TPSA) is 80.8 Å². The van der Waals surface area contributed by atoms with Crippen LogP contribution in [0.25, 0.3) is 0 Å². The Hall–Kier alpha value is -3.01. The molecule has 0 radical (unpaired) electrons. The second-order valence-electron chi connectivity index (χ2n) is 6.57. The monoisotopic (exact) mass is 491 g/mol. The lowest BCUT2D eigenvalue weighted by Crippen LogP contribution is -2.20. The molecule has 168 valence electrons. The predicted octanol–water partition coefficient (Wildman–Crippen LogP) is 5.80. The van der Waals surface area contributed by atoms with Gasteiger partial charge in [0.05, 0.1) is 42.6 Å². The van der Waals surface area contributed by atoms with Gasteiger partial charge in [-0.05, 0) is 48.3 Å². The third kappa shape index (κ3) is 5.42. The molecule has 0 aliphatic heterocycles. The van der Waals surface area contributed by atoms with E-state index in [2.05, 4.69) is 16.0 Å². The van der Waals surface area contributed by atoms with Crippen LogP contribution in [0.15, 0.2) is 41.8 Å². The third-order valence-electron chi connectivity index (χ3n) is 4.51. The molecule has 7 nitrogen and oxygen atoms in total. The number of anilines is 3. The van der Waals surface area contributed by atoms with E-state index in [1.54, 1.807) is 31.4 Å². The van der Waals surface area contributed by atoms with Crippen LogP contribution in [0, 0.1) is 6.92 Å². The zero-order chi connectivity index (χ0) is 23.3. The summed E-state index contributed by atoms with van der Waals surface area (Å²) in [5, 5.41) is 11.7. The number of thiocarbonyl (C=S) groups is 1. The van der Waals surface area contributed by atoms with Gasteiger partial charge >= 0.3 is 0 Å². The summed E-state index contributed by atoms with van der Waals surface area (Å²) in [5.41, 5.74) is 2.72. The van der Waals surface area contributed by atoms with E-state index in [9.17, 15) is 4.79 Å². The molecule has 1 heterocycles. The number of carbonyl (C=O) groups is 1. The first-order valence-corrected chi connectivity index (χ1v) is 11.1. The number of benzene rings is 2. The highest BCUT2D eigenvalue weighted by atomic mass is 35.5. The van der Waals surface area contributed by atoms with E-state index in [0.717, 1.165) is 5.56 Å². The average Bonchev–Trinajstić information content (AvgIpc) is 3.31. The Kier molecular flexibility index (Phi) is 7.79. The van der Waals surface area contributed by atoms with Gasteiger partial charge < -0.3 is 30.2 Å². The number of methoxy groups -OCH3 is 3. The average molecular weight is 492 g/mol. The van der Waals surface area contributed by atoms with E-state index in [1.807, 2.05) is 24.4 Å². The van der Waals surface area contributed by atoms with E-state index in [0.29, 0.717) is 49.3 Å². The standard InChI is InChI=1S/C22H22ClN3O4S2/c1-12-8-15(24-21(27)20-6-5-7-32-20)18(29-3)10-14(12)25-22(31)26-16-9-13(23)17(28-2)11-19(16)30-4/h5-11H,1-4H3,(H,24,27)(H2,25,26,31). The van der Waals surface area contributed by atoms with Gasteiger partial charge in [0.25, 0.3) is 5.91 Å². The molecule has 0 saturated heterocycles. The number of hydrogen-bond donors (Lipinski definition) is 3. The van der Waals surface area contributed by atoms with Gasteiger partial charge in [-0.3, -0.25) is 4.79 Å². The molecule has 32 heavy (non-hydrogen) atoms. The first-order valence-electron chi connectivity index (χ1n) is 9.39. The smallest absolute Gasteiger partial charge is 0.265 e. The maximum atomic E-state index is 12.4. The van der Waals surface area contributed by atoms with Gasteiger partial charge in [0.2, 0.25) is 0 Å². The molecule has 3 N–H and O–H groups in total. The fourth-order valence-electron chi connectivity index (χ4n) is 2.91. The summed E-state index contributed by atoms with van der Waals surface area (Å²) in [5.74, 6) is 1.32. The lowest BCUT2D eigenvalue weighted by Gasteiger charge is -2.18. The number of halogens is 1. The van der Waals surface area contributed by atoms with Crippen molar-refractivity contribution >= 4 is 63.2 Å². The molecule has 0 bridgehead atoms. The van der Waals surface area contributed by atoms with E-state index in [-0.39, 0.29) is 5.91 Å². The highest BCUT2D eigenvalue weighted by Gasteiger charge is 2.15. The van der Waals surface area contributed by atoms with Crippen molar-refractivity contribution in [1.82, 2.24) is 0 Å². The van der Waals surface area contributed by atoms with Crippen LogP contribution in [0.5, 0.6) is 17.2 Å². The molecule has 0 aliphatic carbocycles. The molecule has 0 atom stereocenters. The highest BCUT2D eigenvalue weighted by Crippen LogP contribution is 2.36. The Morgan fingerprint density at radius 1 is 0.906 bits per heavy atom. The van der Waals surface area contributed by atoms with Gasteiger partial charge in [-0.25, -0.2) is 0 Å². The van der Waals surface area contributed by atoms with E-state index >= 15 is 0 Å². The number of hydrogen-bond acceptors (Lipinski definition) is 6. The Morgan fingerprint density at radius 2 is 1.53 bits per heavy atom. The van der Waals surface area contributed by atoms with E-state index in [4.69, 9.17) is 38.0 Å². The van der Waals surface area contributed by atoms with Crippen LogP contribution in [-0.4, -0.2) is 32.3 Å². The number of aryl methyl sites for hydroxylation is 1. The minimum atomic E-state index is -0.195. The number of ether oxygens (including phenoxy) is 3. The number of thiophene rings is 1. The minimum Gasteiger partial charge on any atom is -0.495 e. The van der Waals surface area contributed by atoms with Crippen molar-refractivity contribution in [2.45, 2.75) is 6.92 Å². The van der Waals surface area contributed by atoms with Crippen LogP contribution in [0.1, 0.15) is 15.2 Å². The van der Waals surface area contributed by atoms with Gasteiger partial charge in [-0.15, -0.1) is 11.3 Å². The normalized spacial score (nSPS) is 10.3. The van der Waals surface area contributed by atoms with Crippen LogP contribution in [0.3, 0.4) is 0 Å². The lowest BCUT2D eigenvalue weighted by molar-refractivity contribution is 0.103. The van der Waals surface area contributed by atoms with Crippen molar-refractivity contribution in [3.05, 3.63) is 57.2 Å². The van der Waals surface area contributed by atoms with Gasteiger partial charge in [-0.1, -0.05) is 17.7 Å². The fraction of sp³-hybridized carbons (Fsp3) is 0.182. The SMILES string of the molecule is COc1cc(OC)c(NC(=S)Nc2cc(OC)c(NC(=O)c3cccs3)cc2C)cc1Cl. The van der Waals surface area contributed by atoms with Gasteiger partial charge in [0.15, 0.2) is 5.11 Å². The van der Waals surface area contributed by atoms with Gasteiger partial charge in [0.1, 0.15) is 17.2 Å². The van der Waals surface area contributed by atoms with Crippen LogP contribution in [-0.2, 0) is 0 Å². The molecule has 2 aromatic carbocycles. The summed E-state index contributed by atoms with van der Waals surface area (Å²) in [4.78, 5) is 13.0. The summed E-state index contributed by atoms with van der Waals surface area (Å²) in [6.45, 7) is 1.90. The van der Waals surface area contributed by atoms with Gasteiger partial charge in [0, 0.05) is 17.8 Å². The summed E-state index contributed by atoms with van der Waals surface area (Å²) in [6, 6.07) is 10.5. The van der Waals surface area contributed by atoms with E-state index < -0.39 is 0 Å². The highest BCUT2D eigenvalue weighted by molar-refractivity contribution is 7.80. The Labute approximate surface area is 200 Å². The molecule has 0 unspecified atom stereocenters. The minimum absolute atomic E-state index is 0.195. The molecular weight excluding hydrogens is 470 g/mol. The van der Waals surface area contributed by atoms with Crippen molar-refractivity contribution in [2.75, 3.05) is 37.3 Å². The van der Waals surface area contributed by atoms with Crippen molar-refractivity contribution in [2.24, 2.45) is 0 Å². The number of rotatable bonds is 7. The maximum Gasteiger partial charge on any atom is 0.265 e. The first-order chi connectivity index (χ1) is 15.4. The molecule has 3 rings (SSSR count). The molecule has 0 aliphatic rings. The molecule has 1 aromatic heterocycles. The molecule has 10 heteroatoms. The zero-order valence-corrected chi connectivity index (χ0v) is 20.3. The number of nitrogens with one attached hydrogen (secondary N) is 3. The lowest BCUT2D eigenvalue weighted by atomic mass is 10.1. The van der Waals surface area contributed by atoms with Gasteiger partial charge in [-0.2, -0.15) is 0 Å². The molecule has 0 spiro atoms. The van der Waals surface area contributed by atoms with Crippen molar-refractivity contribution in [3.8, 4) is 17.2 Å². The largest absolute Gasteiger partial charge is 0.495 e. The van der Waals surface area contributed by atoms with Crippen molar-refractivity contribution < 1.29 is 19.0 Å². The summed E-state index contributed by atoms with van der Waals surface area (Å²) in [7, 11) is 4.61. The Balaban J connectivity index is 1.78. The first kappa shape index (κ1) is 23.6. The molecule has 1 amide bonds. The molecular formula is C22H22ClN3O4S2. The van der Waals surface area contributed by atoms with E-state index in [1.165, 1.54) is 25.6 Å². The second-order valence-corrected chi connectivity index (χ2v) is 8.33. The third-order valence-corrected chi connectivity index (χ3v) is 5.88. The number of carbonyl (C=O) groups excluding carboxylic acids is 1. The summed E-state index contributed by atoms with van der Waals surface area (Å²) < 4.78 is 16.1.